The van der Waals surface area contributed by atoms with Gasteiger partial charge in [-0.25, -0.2) is 0 Å². The molecule has 0 fully saturated rings. The number of rotatable bonds is 9. The fraction of sp³-hybridized carbons (Fsp3) is 0.0189. The third-order valence-electron chi connectivity index (χ3n) is 10.9. The van der Waals surface area contributed by atoms with E-state index in [1.165, 1.54) is 55.3 Å². The van der Waals surface area contributed by atoms with E-state index >= 15 is 0 Å². The quantitative estimate of drug-likeness (QED) is 0.107. The molecule has 262 valence electrons. The van der Waals surface area contributed by atoms with Gasteiger partial charge in [-0.15, -0.1) is 0 Å². The van der Waals surface area contributed by atoms with Crippen LogP contribution in [0.2, 0.25) is 0 Å². The van der Waals surface area contributed by atoms with Gasteiger partial charge >= 0.3 is 0 Å². The third-order valence-corrected chi connectivity index (χ3v) is 13.9. The monoisotopic (exact) mass is 722 g/mol. The molecule has 0 aromatic heterocycles. The van der Waals surface area contributed by atoms with Crippen molar-refractivity contribution < 1.29 is 4.57 Å². The first-order valence-corrected chi connectivity index (χ1v) is 20.5. The van der Waals surface area contributed by atoms with E-state index in [1.807, 2.05) is 84.9 Å². The van der Waals surface area contributed by atoms with Crippen molar-refractivity contribution in [2.45, 2.75) is 6.92 Å². The summed E-state index contributed by atoms with van der Waals surface area (Å²) in [6.45, 7) is 6.11. The van der Waals surface area contributed by atoms with Crippen LogP contribution in [0.1, 0.15) is 12.5 Å². The zero-order valence-corrected chi connectivity index (χ0v) is 31.6. The highest BCUT2D eigenvalue weighted by atomic mass is 31.2. The Bertz CT molecular complexity index is 2760. The van der Waals surface area contributed by atoms with Crippen LogP contribution in [0.4, 0.5) is 0 Å². The number of hydrogen-bond acceptors (Lipinski definition) is 1. The Labute approximate surface area is 323 Å². The molecule has 0 saturated heterocycles. The van der Waals surface area contributed by atoms with Crippen LogP contribution in [0, 0.1) is 0 Å². The van der Waals surface area contributed by atoms with Gasteiger partial charge in [-0.2, -0.15) is 0 Å². The molecule has 1 aliphatic carbocycles. The van der Waals surface area contributed by atoms with Crippen molar-refractivity contribution >= 4 is 39.4 Å². The van der Waals surface area contributed by atoms with Gasteiger partial charge in [0.2, 0.25) is 0 Å². The number of benzene rings is 8. The molecule has 0 radical (unpaired) electrons. The molecule has 0 heterocycles. The molecule has 2 heteroatoms. The van der Waals surface area contributed by atoms with Crippen molar-refractivity contribution in [2.75, 3.05) is 0 Å². The Kier molecular flexibility index (Phi) is 8.95. The van der Waals surface area contributed by atoms with Crippen LogP contribution < -0.4 is 15.9 Å². The molecule has 0 bridgehead atoms. The molecule has 0 atom stereocenters. The van der Waals surface area contributed by atoms with Gasteiger partial charge in [0.25, 0.3) is 0 Å². The minimum atomic E-state index is -3.05. The molecule has 0 aliphatic heterocycles. The normalized spacial score (nSPS) is 12.3. The molecular formula is C53H39OP. The first-order valence-electron chi connectivity index (χ1n) is 18.8. The molecule has 8 aromatic carbocycles. The van der Waals surface area contributed by atoms with Gasteiger partial charge in [0.1, 0.15) is 0 Å². The molecule has 9 rings (SSSR count). The summed E-state index contributed by atoms with van der Waals surface area (Å²) in [6, 6.07) is 63.4. The van der Waals surface area contributed by atoms with E-state index < -0.39 is 7.14 Å². The van der Waals surface area contributed by atoms with Gasteiger partial charge in [-0.1, -0.05) is 207 Å². The van der Waals surface area contributed by atoms with Crippen molar-refractivity contribution in [1.29, 1.82) is 0 Å². The fourth-order valence-corrected chi connectivity index (χ4v) is 10.9. The molecule has 0 amide bonds. The van der Waals surface area contributed by atoms with Crippen LogP contribution in [-0.4, -0.2) is 0 Å². The Morgan fingerprint density at radius 3 is 1.55 bits per heavy atom. The Balaban J connectivity index is 1.19. The largest absolute Gasteiger partial charge is 0.309 e. The number of allylic oxidation sites excluding steroid dienone is 5. The summed E-state index contributed by atoms with van der Waals surface area (Å²) in [6.07, 6.45) is 8.26. The van der Waals surface area contributed by atoms with Crippen LogP contribution in [-0.2, 0) is 4.57 Å². The molecule has 0 spiro atoms. The zero-order chi connectivity index (χ0) is 37.4. The lowest BCUT2D eigenvalue weighted by Crippen LogP contribution is -2.24. The van der Waals surface area contributed by atoms with Gasteiger partial charge in [0, 0.05) is 15.9 Å². The molecule has 0 saturated carbocycles. The smallest absolute Gasteiger partial charge is 0.171 e. The minimum absolute atomic E-state index is 0.823. The predicted molar refractivity (Wildman–Crippen MR) is 237 cm³/mol. The van der Waals surface area contributed by atoms with Crippen molar-refractivity contribution in [3.8, 4) is 55.6 Å². The van der Waals surface area contributed by atoms with E-state index in [9.17, 15) is 4.57 Å². The van der Waals surface area contributed by atoms with Gasteiger partial charge in [-0.05, 0) is 90.5 Å². The van der Waals surface area contributed by atoms with Crippen molar-refractivity contribution in [3.63, 3.8) is 0 Å². The van der Waals surface area contributed by atoms with Crippen molar-refractivity contribution in [2.24, 2.45) is 0 Å². The average Bonchev–Trinajstić information content (AvgIpc) is 3.60. The number of hydrogen-bond donors (Lipinski definition) is 0. The van der Waals surface area contributed by atoms with Crippen molar-refractivity contribution in [3.05, 3.63) is 218 Å². The molecule has 55 heavy (non-hydrogen) atoms. The van der Waals surface area contributed by atoms with Gasteiger partial charge < -0.3 is 4.57 Å². The zero-order valence-electron chi connectivity index (χ0n) is 30.7. The minimum Gasteiger partial charge on any atom is -0.309 e. The lowest BCUT2D eigenvalue weighted by atomic mass is 9.82. The lowest BCUT2D eigenvalue weighted by molar-refractivity contribution is 0.592. The highest BCUT2D eigenvalue weighted by Gasteiger charge is 2.31. The van der Waals surface area contributed by atoms with E-state index in [-0.39, 0.29) is 0 Å². The predicted octanol–water partition coefficient (Wildman–Crippen LogP) is 13.3. The second kappa shape index (κ2) is 14.4. The maximum absolute atomic E-state index is 15.0. The molecule has 1 aliphatic rings. The maximum atomic E-state index is 15.0. The average molecular weight is 723 g/mol. The standard InChI is InChI=1S/C53H39OP/c1-3-5-17-37(4-2)51-48(36-49(40-18-9-6-10-19-40)52-46-26-15-20-42-21-16-27-47(50(42)46)53(51)52)41-30-28-38(29-31-41)39-32-34-45(35-33-39)55(54,43-22-11-7-12-23-43)44-24-13-8-14-25-44/h3-36H,1H2,2H3/b17-5-,37-4+. The van der Waals surface area contributed by atoms with E-state index in [0.717, 1.165) is 38.2 Å². The topological polar surface area (TPSA) is 17.1 Å². The van der Waals surface area contributed by atoms with Crippen LogP contribution >= 0.6 is 7.14 Å². The molecular weight excluding hydrogens is 684 g/mol. The summed E-state index contributed by atoms with van der Waals surface area (Å²) in [5.41, 5.74) is 14.4. The second-order valence-electron chi connectivity index (χ2n) is 13.9. The van der Waals surface area contributed by atoms with E-state index in [0.29, 0.717) is 0 Å². The Morgan fingerprint density at radius 1 is 0.491 bits per heavy atom. The van der Waals surface area contributed by atoms with Crippen LogP contribution in [0.5, 0.6) is 0 Å². The van der Waals surface area contributed by atoms with Gasteiger partial charge in [-0.3, -0.25) is 0 Å². The van der Waals surface area contributed by atoms with Crippen LogP contribution in [0.15, 0.2) is 213 Å². The Morgan fingerprint density at radius 2 is 0.982 bits per heavy atom. The Hall–Kier alpha value is -6.53. The van der Waals surface area contributed by atoms with E-state index in [4.69, 9.17) is 0 Å². The fourth-order valence-electron chi connectivity index (χ4n) is 8.29. The molecule has 0 N–H and O–H groups in total. The first-order chi connectivity index (χ1) is 27.1. The van der Waals surface area contributed by atoms with E-state index in [1.54, 1.807) is 0 Å². The molecule has 0 unspecified atom stereocenters. The van der Waals surface area contributed by atoms with Crippen LogP contribution in [0.25, 0.3) is 72.0 Å². The maximum Gasteiger partial charge on any atom is 0.171 e. The summed E-state index contributed by atoms with van der Waals surface area (Å²) < 4.78 is 15.0. The highest BCUT2D eigenvalue weighted by molar-refractivity contribution is 7.85. The van der Waals surface area contributed by atoms with Gasteiger partial charge in [0.15, 0.2) is 7.14 Å². The summed E-state index contributed by atoms with van der Waals surface area (Å²) >= 11 is 0. The molecule has 1 nitrogen and oxygen atoms in total. The van der Waals surface area contributed by atoms with Gasteiger partial charge in [0.05, 0.1) is 0 Å². The molecule has 8 aromatic rings. The summed E-state index contributed by atoms with van der Waals surface area (Å²) in [7, 11) is -3.05. The highest BCUT2D eigenvalue weighted by Crippen LogP contribution is 2.56. The van der Waals surface area contributed by atoms with E-state index in [2.05, 4.69) is 135 Å². The summed E-state index contributed by atoms with van der Waals surface area (Å²) in [5, 5.41) is 5.05. The number of fused-ring (bicyclic) bond motifs is 3. The second-order valence-corrected chi connectivity index (χ2v) is 16.7. The van der Waals surface area contributed by atoms with Crippen molar-refractivity contribution in [1.82, 2.24) is 0 Å². The summed E-state index contributed by atoms with van der Waals surface area (Å²) in [4.78, 5) is 0. The van der Waals surface area contributed by atoms with Crippen LogP contribution in [0.3, 0.4) is 0 Å². The SMILES string of the molecule is C=C/C=C\C(=C/C)c1c(-c2ccc(-c3ccc(P(=O)(c4ccccc4)c4ccccc4)cc3)cc2)cc(-c2ccccc2)c2c1-c1cccc3cccc-2c13. The first kappa shape index (κ1) is 34.3. The third kappa shape index (κ3) is 5.86. The summed E-state index contributed by atoms with van der Waals surface area (Å²) in [5.74, 6) is 0. The lowest BCUT2D eigenvalue weighted by Gasteiger charge is -2.21.